The molecule has 0 aliphatic carbocycles. The van der Waals surface area contributed by atoms with Crippen LogP contribution in [0.4, 0.5) is 4.79 Å². The summed E-state index contributed by atoms with van der Waals surface area (Å²) >= 11 is 0. The Morgan fingerprint density at radius 1 is 1.25 bits per heavy atom. The van der Waals surface area contributed by atoms with Gasteiger partial charge >= 0.3 is 6.03 Å². The van der Waals surface area contributed by atoms with E-state index >= 15 is 0 Å². The number of carbonyl (C=O) groups is 1. The highest BCUT2D eigenvalue weighted by atomic mass is 16.5. The van der Waals surface area contributed by atoms with Crippen LogP contribution < -0.4 is 10.1 Å². The fourth-order valence-corrected chi connectivity index (χ4v) is 3.28. The maximum absolute atomic E-state index is 12.4. The van der Waals surface area contributed by atoms with Crippen LogP contribution in [-0.2, 0) is 13.1 Å². The van der Waals surface area contributed by atoms with Crippen molar-refractivity contribution in [2.45, 2.75) is 13.1 Å². The van der Waals surface area contributed by atoms with E-state index in [0.717, 1.165) is 25.4 Å². The number of oxazole rings is 1. The van der Waals surface area contributed by atoms with Gasteiger partial charge in [-0.05, 0) is 23.8 Å². The molecule has 1 N–H and O–H groups in total. The SMILES string of the molecule is COc1ccc2oc(CNC(=O)N3CCN(Cc4cccnc4)CC3)nc2c1. The third kappa shape index (κ3) is 4.23. The Bertz CT molecular complexity index is 935. The van der Waals surface area contributed by atoms with Gasteiger partial charge in [-0.25, -0.2) is 9.78 Å². The Kier molecular flexibility index (Phi) is 5.38. The van der Waals surface area contributed by atoms with Crippen LogP contribution >= 0.6 is 0 Å². The summed E-state index contributed by atoms with van der Waals surface area (Å²) in [7, 11) is 1.61. The highest BCUT2D eigenvalue weighted by Gasteiger charge is 2.21. The maximum atomic E-state index is 12.4. The van der Waals surface area contributed by atoms with Gasteiger partial charge in [0.1, 0.15) is 11.3 Å². The second-order valence-electron chi connectivity index (χ2n) is 6.72. The average Bonchev–Trinajstić information content (AvgIpc) is 3.15. The summed E-state index contributed by atoms with van der Waals surface area (Å²) in [6.45, 7) is 4.17. The number of pyridine rings is 1. The molecule has 0 bridgehead atoms. The molecule has 28 heavy (non-hydrogen) atoms. The van der Waals surface area contributed by atoms with Crippen LogP contribution in [0.5, 0.6) is 5.75 Å². The van der Waals surface area contributed by atoms with Crippen molar-refractivity contribution >= 4 is 17.1 Å². The lowest BCUT2D eigenvalue weighted by Crippen LogP contribution is -2.51. The van der Waals surface area contributed by atoms with Crippen molar-refractivity contribution < 1.29 is 13.9 Å². The quantitative estimate of drug-likeness (QED) is 0.730. The van der Waals surface area contributed by atoms with E-state index in [-0.39, 0.29) is 12.6 Å². The number of rotatable bonds is 5. The third-order valence-corrected chi connectivity index (χ3v) is 4.82. The molecule has 8 heteroatoms. The lowest BCUT2D eigenvalue weighted by Gasteiger charge is -2.34. The van der Waals surface area contributed by atoms with E-state index in [0.29, 0.717) is 30.1 Å². The van der Waals surface area contributed by atoms with Crippen molar-refractivity contribution in [2.75, 3.05) is 33.3 Å². The molecule has 0 unspecified atom stereocenters. The first kappa shape index (κ1) is 18.2. The number of urea groups is 1. The van der Waals surface area contributed by atoms with Gasteiger partial charge in [-0.15, -0.1) is 0 Å². The smallest absolute Gasteiger partial charge is 0.317 e. The van der Waals surface area contributed by atoms with E-state index in [1.54, 1.807) is 13.3 Å². The highest BCUT2D eigenvalue weighted by molar-refractivity contribution is 5.75. The molecule has 0 atom stereocenters. The molecule has 4 rings (SSSR count). The van der Waals surface area contributed by atoms with Gasteiger partial charge in [0.25, 0.3) is 0 Å². The van der Waals surface area contributed by atoms with Gasteiger partial charge in [0.15, 0.2) is 5.58 Å². The molecule has 146 valence electrons. The Morgan fingerprint density at radius 3 is 2.86 bits per heavy atom. The zero-order valence-corrected chi connectivity index (χ0v) is 15.8. The Labute approximate surface area is 163 Å². The Morgan fingerprint density at radius 2 is 2.11 bits per heavy atom. The van der Waals surface area contributed by atoms with Gasteiger partial charge in [-0.2, -0.15) is 0 Å². The van der Waals surface area contributed by atoms with E-state index in [2.05, 4.69) is 26.3 Å². The van der Waals surface area contributed by atoms with Crippen LogP contribution in [0.2, 0.25) is 0 Å². The fraction of sp³-hybridized carbons (Fsp3) is 0.350. The lowest BCUT2D eigenvalue weighted by molar-refractivity contribution is 0.134. The summed E-state index contributed by atoms with van der Waals surface area (Å²) in [4.78, 5) is 25.2. The summed E-state index contributed by atoms with van der Waals surface area (Å²) in [5.74, 6) is 1.20. The van der Waals surface area contributed by atoms with E-state index in [1.807, 2.05) is 35.4 Å². The highest BCUT2D eigenvalue weighted by Crippen LogP contribution is 2.21. The molecule has 3 heterocycles. The van der Waals surface area contributed by atoms with Crippen molar-refractivity contribution in [2.24, 2.45) is 0 Å². The van der Waals surface area contributed by atoms with Crippen molar-refractivity contribution in [3.63, 3.8) is 0 Å². The van der Waals surface area contributed by atoms with Gasteiger partial charge in [0, 0.05) is 51.2 Å². The minimum atomic E-state index is -0.0964. The maximum Gasteiger partial charge on any atom is 0.317 e. The van der Waals surface area contributed by atoms with E-state index < -0.39 is 0 Å². The zero-order valence-electron chi connectivity index (χ0n) is 15.8. The van der Waals surface area contributed by atoms with Crippen molar-refractivity contribution in [3.05, 3.63) is 54.2 Å². The number of ether oxygens (including phenoxy) is 1. The first-order valence-corrected chi connectivity index (χ1v) is 9.29. The molecule has 1 saturated heterocycles. The number of piperazine rings is 1. The number of aromatic nitrogens is 2. The number of hydrogen-bond acceptors (Lipinski definition) is 6. The second-order valence-corrected chi connectivity index (χ2v) is 6.72. The van der Waals surface area contributed by atoms with Crippen LogP contribution in [0.1, 0.15) is 11.5 Å². The van der Waals surface area contributed by atoms with Crippen molar-refractivity contribution in [1.29, 1.82) is 0 Å². The lowest BCUT2D eigenvalue weighted by atomic mass is 10.2. The topological polar surface area (TPSA) is 83.7 Å². The predicted molar refractivity (Wildman–Crippen MR) is 104 cm³/mol. The molecule has 1 aliphatic heterocycles. The average molecular weight is 381 g/mol. The number of benzene rings is 1. The van der Waals surface area contributed by atoms with Gasteiger partial charge in [-0.1, -0.05) is 6.07 Å². The molecular formula is C20H23N5O3. The number of amides is 2. The minimum absolute atomic E-state index is 0.0964. The number of fused-ring (bicyclic) bond motifs is 1. The third-order valence-electron chi connectivity index (χ3n) is 4.82. The summed E-state index contributed by atoms with van der Waals surface area (Å²) in [5.41, 5.74) is 2.58. The summed E-state index contributed by atoms with van der Waals surface area (Å²) < 4.78 is 10.9. The first-order chi connectivity index (χ1) is 13.7. The fourth-order valence-electron chi connectivity index (χ4n) is 3.28. The van der Waals surface area contributed by atoms with Crippen molar-refractivity contribution in [1.82, 2.24) is 25.1 Å². The van der Waals surface area contributed by atoms with Gasteiger partial charge in [-0.3, -0.25) is 9.88 Å². The van der Waals surface area contributed by atoms with Crippen LogP contribution in [-0.4, -0.2) is 59.1 Å². The van der Waals surface area contributed by atoms with Crippen LogP contribution in [0.3, 0.4) is 0 Å². The molecule has 2 amide bonds. The minimum Gasteiger partial charge on any atom is -0.497 e. The molecule has 8 nitrogen and oxygen atoms in total. The molecule has 0 radical (unpaired) electrons. The summed E-state index contributed by atoms with van der Waals surface area (Å²) in [5, 5.41) is 2.89. The van der Waals surface area contributed by atoms with E-state index in [4.69, 9.17) is 9.15 Å². The largest absolute Gasteiger partial charge is 0.497 e. The van der Waals surface area contributed by atoms with Gasteiger partial charge in [0.2, 0.25) is 5.89 Å². The number of carbonyl (C=O) groups excluding carboxylic acids is 1. The number of nitrogens with zero attached hydrogens (tertiary/aromatic N) is 4. The number of hydrogen-bond donors (Lipinski definition) is 1. The monoisotopic (exact) mass is 381 g/mol. The van der Waals surface area contributed by atoms with E-state index in [9.17, 15) is 4.79 Å². The van der Waals surface area contributed by atoms with Crippen LogP contribution in [0.15, 0.2) is 47.1 Å². The normalized spacial score (nSPS) is 15.0. The predicted octanol–water partition coefficient (Wildman–Crippen LogP) is 2.26. The zero-order chi connectivity index (χ0) is 19.3. The standard InChI is InChI=1S/C20H23N5O3/c1-27-16-4-5-18-17(11-16)23-19(28-18)13-22-20(26)25-9-7-24(8-10-25)14-15-3-2-6-21-12-15/h2-6,11-12H,7-10,13-14H2,1H3,(H,22,26). The van der Waals surface area contributed by atoms with E-state index in [1.165, 1.54) is 5.56 Å². The van der Waals surface area contributed by atoms with Gasteiger partial charge < -0.3 is 19.4 Å². The molecule has 0 spiro atoms. The van der Waals surface area contributed by atoms with Crippen molar-refractivity contribution in [3.8, 4) is 5.75 Å². The summed E-state index contributed by atoms with van der Waals surface area (Å²) in [6, 6.07) is 9.37. The molecule has 3 aromatic rings. The summed E-state index contributed by atoms with van der Waals surface area (Å²) in [6.07, 6.45) is 3.66. The number of methoxy groups -OCH3 is 1. The first-order valence-electron chi connectivity index (χ1n) is 9.29. The van der Waals surface area contributed by atoms with Gasteiger partial charge in [0.05, 0.1) is 13.7 Å². The molecular weight excluding hydrogens is 358 g/mol. The molecule has 1 aromatic carbocycles. The molecule has 1 aliphatic rings. The Hall–Kier alpha value is -3.13. The molecule has 0 saturated carbocycles. The Balaban J connectivity index is 1.26. The number of nitrogens with one attached hydrogen (secondary N) is 1. The molecule has 2 aromatic heterocycles. The second kappa shape index (κ2) is 8.26. The van der Waals surface area contributed by atoms with Crippen LogP contribution in [0.25, 0.3) is 11.1 Å². The van der Waals surface area contributed by atoms with Crippen LogP contribution in [0, 0.1) is 0 Å². The molecule has 1 fully saturated rings.